The molecule has 1 N–H and O–H groups in total. The molecule has 0 aliphatic rings. The summed E-state index contributed by atoms with van der Waals surface area (Å²) in [7, 11) is 0. The molecule has 2 aromatic rings. The first-order valence-corrected chi connectivity index (χ1v) is 7.67. The van der Waals surface area contributed by atoms with E-state index in [1.807, 2.05) is 19.1 Å². The third kappa shape index (κ3) is 4.81. The molecule has 5 heteroatoms. The van der Waals surface area contributed by atoms with E-state index in [4.69, 9.17) is 20.8 Å². The largest absolute Gasteiger partial charge is 0.494 e. The zero-order valence-corrected chi connectivity index (χ0v) is 13.6. The molecule has 4 nitrogen and oxygen atoms in total. The number of ether oxygens (including phenoxy) is 1. The number of carbonyl (C=O) groups excluding carboxylic acids is 1. The van der Waals surface area contributed by atoms with Crippen molar-refractivity contribution in [2.24, 2.45) is 0 Å². The van der Waals surface area contributed by atoms with E-state index in [0.29, 0.717) is 29.5 Å². The highest BCUT2D eigenvalue weighted by atomic mass is 35.5. The third-order valence-electron chi connectivity index (χ3n) is 3.22. The highest BCUT2D eigenvalue weighted by Gasteiger charge is 2.12. The molecule has 1 heterocycles. The van der Waals surface area contributed by atoms with Crippen molar-refractivity contribution in [3.05, 3.63) is 52.4 Å². The Balaban J connectivity index is 1.62. The molecule has 2 rings (SSSR count). The van der Waals surface area contributed by atoms with Gasteiger partial charge in [0.1, 0.15) is 17.3 Å². The average Bonchev–Trinajstić information content (AvgIpc) is 2.83. The summed E-state index contributed by atoms with van der Waals surface area (Å²) < 4.78 is 10.9. The lowest BCUT2D eigenvalue weighted by molar-refractivity contribution is 0.0951. The van der Waals surface area contributed by atoms with Gasteiger partial charge in [-0.2, -0.15) is 0 Å². The minimum Gasteiger partial charge on any atom is -0.494 e. The number of carbonyl (C=O) groups is 1. The molecule has 1 aromatic heterocycles. The number of hydrogen-bond donors (Lipinski definition) is 1. The molecule has 0 saturated carbocycles. The van der Waals surface area contributed by atoms with Gasteiger partial charge >= 0.3 is 0 Å². The van der Waals surface area contributed by atoms with E-state index in [1.165, 1.54) is 0 Å². The molecule has 0 aliphatic heterocycles. The Bertz CT molecular complexity index is 619. The van der Waals surface area contributed by atoms with Crippen LogP contribution in [0.15, 0.2) is 34.7 Å². The second-order valence-electron chi connectivity index (χ2n) is 5.09. The molecule has 1 aromatic carbocycles. The second-order valence-corrected chi connectivity index (χ2v) is 5.53. The summed E-state index contributed by atoms with van der Waals surface area (Å²) >= 11 is 5.80. The van der Waals surface area contributed by atoms with E-state index in [2.05, 4.69) is 5.32 Å². The monoisotopic (exact) mass is 321 g/mol. The lowest BCUT2D eigenvalue weighted by Gasteiger charge is -2.07. The van der Waals surface area contributed by atoms with Crippen molar-refractivity contribution >= 4 is 17.5 Å². The van der Waals surface area contributed by atoms with Crippen molar-refractivity contribution in [1.82, 2.24) is 5.32 Å². The number of rotatable bonds is 7. The summed E-state index contributed by atoms with van der Waals surface area (Å²) in [4.78, 5) is 12.0. The number of furan rings is 1. The number of halogens is 1. The second kappa shape index (κ2) is 7.90. The minimum atomic E-state index is -0.0898. The SMILES string of the molecule is Cc1cc(C(=O)NCCCCOc2ccc(Cl)cc2)c(C)o1. The fraction of sp³-hybridized carbons (Fsp3) is 0.353. The Morgan fingerprint density at radius 3 is 2.59 bits per heavy atom. The Hall–Kier alpha value is -1.94. The van der Waals surface area contributed by atoms with Gasteiger partial charge in [0.25, 0.3) is 5.91 Å². The predicted molar refractivity (Wildman–Crippen MR) is 86.7 cm³/mol. The van der Waals surface area contributed by atoms with Gasteiger partial charge in [-0.1, -0.05) is 11.6 Å². The van der Waals surface area contributed by atoms with E-state index in [-0.39, 0.29) is 5.91 Å². The molecule has 0 bridgehead atoms. The quantitative estimate of drug-likeness (QED) is 0.780. The summed E-state index contributed by atoms with van der Waals surface area (Å²) in [5, 5.41) is 3.58. The Labute approximate surface area is 135 Å². The lowest BCUT2D eigenvalue weighted by atomic mass is 10.2. The van der Waals surface area contributed by atoms with Gasteiger partial charge in [0.05, 0.1) is 12.2 Å². The molecule has 0 fully saturated rings. The summed E-state index contributed by atoms with van der Waals surface area (Å²) in [6.45, 7) is 4.85. The molecule has 0 spiro atoms. The molecule has 0 unspecified atom stereocenters. The van der Waals surface area contributed by atoms with Crippen LogP contribution in [-0.4, -0.2) is 19.1 Å². The highest BCUT2D eigenvalue weighted by molar-refractivity contribution is 6.30. The van der Waals surface area contributed by atoms with Crippen LogP contribution in [0.4, 0.5) is 0 Å². The van der Waals surface area contributed by atoms with Crippen LogP contribution in [0.5, 0.6) is 5.75 Å². The summed E-state index contributed by atoms with van der Waals surface area (Å²) in [6.07, 6.45) is 1.72. The molecule has 22 heavy (non-hydrogen) atoms. The van der Waals surface area contributed by atoms with E-state index in [1.54, 1.807) is 25.1 Å². The standard InChI is InChI=1S/C17H20ClNO3/c1-12-11-16(13(2)22-12)17(20)19-9-3-4-10-21-15-7-5-14(18)6-8-15/h5-8,11H,3-4,9-10H2,1-2H3,(H,19,20). The molecular weight excluding hydrogens is 302 g/mol. The minimum absolute atomic E-state index is 0.0898. The first kappa shape index (κ1) is 16.4. The summed E-state index contributed by atoms with van der Waals surface area (Å²) in [5.74, 6) is 2.12. The Kier molecular flexibility index (Phi) is 5.90. The smallest absolute Gasteiger partial charge is 0.254 e. The Morgan fingerprint density at radius 1 is 1.23 bits per heavy atom. The maximum Gasteiger partial charge on any atom is 0.254 e. The van der Waals surface area contributed by atoms with Gasteiger partial charge in [0, 0.05) is 11.6 Å². The number of hydrogen-bond acceptors (Lipinski definition) is 3. The first-order chi connectivity index (χ1) is 10.6. The van der Waals surface area contributed by atoms with E-state index in [9.17, 15) is 4.79 Å². The van der Waals surface area contributed by atoms with Crippen LogP contribution in [0.3, 0.4) is 0 Å². The molecule has 0 atom stereocenters. The normalized spacial score (nSPS) is 10.5. The van der Waals surface area contributed by atoms with Crippen molar-refractivity contribution in [2.45, 2.75) is 26.7 Å². The lowest BCUT2D eigenvalue weighted by Crippen LogP contribution is -2.24. The fourth-order valence-corrected chi connectivity index (χ4v) is 2.23. The maximum atomic E-state index is 12.0. The summed E-state index contributed by atoms with van der Waals surface area (Å²) in [6, 6.07) is 9.04. The van der Waals surface area contributed by atoms with E-state index >= 15 is 0 Å². The van der Waals surface area contributed by atoms with Crippen LogP contribution in [0, 0.1) is 13.8 Å². The van der Waals surface area contributed by atoms with Gasteiger partial charge in [-0.3, -0.25) is 4.79 Å². The number of benzene rings is 1. The molecular formula is C17H20ClNO3. The van der Waals surface area contributed by atoms with Crippen molar-refractivity contribution in [3.8, 4) is 5.75 Å². The molecule has 1 amide bonds. The molecule has 0 radical (unpaired) electrons. The first-order valence-electron chi connectivity index (χ1n) is 7.30. The van der Waals surface area contributed by atoms with Crippen LogP contribution in [-0.2, 0) is 0 Å². The van der Waals surface area contributed by atoms with E-state index in [0.717, 1.165) is 24.4 Å². The van der Waals surface area contributed by atoms with Crippen LogP contribution in [0.25, 0.3) is 0 Å². The van der Waals surface area contributed by atoms with Gasteiger partial charge in [0.15, 0.2) is 0 Å². The number of amides is 1. The molecule has 118 valence electrons. The topological polar surface area (TPSA) is 51.5 Å². The van der Waals surface area contributed by atoms with Crippen molar-refractivity contribution in [3.63, 3.8) is 0 Å². The van der Waals surface area contributed by atoms with Crippen molar-refractivity contribution in [2.75, 3.05) is 13.2 Å². The predicted octanol–water partition coefficient (Wildman–Crippen LogP) is 4.14. The molecule has 0 saturated heterocycles. The van der Waals surface area contributed by atoms with Crippen molar-refractivity contribution < 1.29 is 13.9 Å². The van der Waals surface area contributed by atoms with Gasteiger partial charge < -0.3 is 14.5 Å². The van der Waals surface area contributed by atoms with Crippen LogP contribution in [0.2, 0.25) is 5.02 Å². The average molecular weight is 322 g/mol. The van der Waals surface area contributed by atoms with Gasteiger partial charge in [-0.05, 0) is 57.0 Å². The van der Waals surface area contributed by atoms with Crippen molar-refractivity contribution in [1.29, 1.82) is 0 Å². The number of aryl methyl sites for hydroxylation is 2. The van der Waals surface area contributed by atoms with Gasteiger partial charge in [-0.25, -0.2) is 0 Å². The van der Waals surface area contributed by atoms with Gasteiger partial charge in [-0.15, -0.1) is 0 Å². The van der Waals surface area contributed by atoms with Crippen LogP contribution < -0.4 is 10.1 Å². The number of nitrogens with one attached hydrogen (secondary N) is 1. The van der Waals surface area contributed by atoms with E-state index < -0.39 is 0 Å². The van der Waals surface area contributed by atoms with Crippen LogP contribution in [0.1, 0.15) is 34.7 Å². The zero-order chi connectivity index (χ0) is 15.9. The molecule has 0 aliphatic carbocycles. The zero-order valence-electron chi connectivity index (χ0n) is 12.8. The maximum absolute atomic E-state index is 12.0. The summed E-state index contributed by atoms with van der Waals surface area (Å²) in [5.41, 5.74) is 0.606. The number of unbranched alkanes of at least 4 members (excludes halogenated alkanes) is 1. The third-order valence-corrected chi connectivity index (χ3v) is 3.48. The van der Waals surface area contributed by atoms with Crippen LogP contribution >= 0.6 is 11.6 Å². The Morgan fingerprint density at radius 2 is 1.95 bits per heavy atom. The highest BCUT2D eigenvalue weighted by Crippen LogP contribution is 2.16. The van der Waals surface area contributed by atoms with Gasteiger partial charge in [0.2, 0.25) is 0 Å². The fourth-order valence-electron chi connectivity index (χ4n) is 2.10.